The quantitative estimate of drug-likeness (QED) is 0.842. The van der Waals surface area contributed by atoms with Crippen LogP contribution in [0.1, 0.15) is 29.4 Å². The molecule has 1 rings (SSSR count). The van der Waals surface area contributed by atoms with Gasteiger partial charge < -0.3 is 10.3 Å². The first-order valence-corrected chi connectivity index (χ1v) is 8.24. The number of pyridine rings is 1. The molecule has 1 aromatic rings. The van der Waals surface area contributed by atoms with Gasteiger partial charge in [0.2, 0.25) is 0 Å². The van der Waals surface area contributed by atoms with E-state index in [1.807, 2.05) is 6.92 Å². The molecule has 1 amide bonds. The number of aryl methyl sites for hydroxylation is 1. The minimum absolute atomic E-state index is 0.0170. The number of aromatic nitrogens is 1. The third-order valence-corrected chi connectivity index (χ3v) is 5.02. The highest BCUT2D eigenvalue weighted by molar-refractivity contribution is 9.10. The van der Waals surface area contributed by atoms with Crippen LogP contribution in [0.25, 0.3) is 0 Å². The Kier molecular flexibility index (Phi) is 5.93. The molecule has 106 valence electrons. The maximum Gasteiger partial charge on any atom is 0.261 e. The summed E-state index contributed by atoms with van der Waals surface area (Å²) in [5.74, 6) is -0.420. The van der Waals surface area contributed by atoms with Gasteiger partial charge in [-0.25, -0.2) is 0 Å². The van der Waals surface area contributed by atoms with Crippen molar-refractivity contribution in [1.29, 1.82) is 0 Å². The molecule has 0 unspecified atom stereocenters. The second kappa shape index (κ2) is 7.00. The maximum absolute atomic E-state index is 11.9. The van der Waals surface area contributed by atoms with Gasteiger partial charge in [-0.05, 0) is 35.3 Å². The van der Waals surface area contributed by atoms with Gasteiger partial charge >= 0.3 is 0 Å². The Labute approximate surface area is 122 Å². The van der Waals surface area contributed by atoms with Crippen LogP contribution in [0.5, 0.6) is 0 Å². The van der Waals surface area contributed by atoms with Crippen LogP contribution in [0.3, 0.4) is 0 Å². The van der Waals surface area contributed by atoms with Gasteiger partial charge in [-0.3, -0.25) is 13.8 Å². The standard InChI is InChI=1S/C12H17BrN2O3S/c1-7(19(3)18)4-5-14-11(16)9-6-10(13)8(2)15-12(9)17/h6-7H,4-5H2,1-3H3,(H,14,16)(H,15,17)/t7-,19+/m1/s1. The number of carbonyl (C=O) groups is 1. The number of rotatable bonds is 5. The van der Waals surface area contributed by atoms with E-state index in [1.165, 1.54) is 6.07 Å². The lowest BCUT2D eigenvalue weighted by molar-refractivity contribution is 0.0951. The molecular weight excluding hydrogens is 332 g/mol. The third kappa shape index (κ3) is 4.58. The van der Waals surface area contributed by atoms with Gasteiger partial charge in [0.25, 0.3) is 11.5 Å². The highest BCUT2D eigenvalue weighted by atomic mass is 79.9. The molecule has 0 aliphatic heterocycles. The van der Waals surface area contributed by atoms with Crippen molar-refractivity contribution in [2.24, 2.45) is 0 Å². The summed E-state index contributed by atoms with van der Waals surface area (Å²) in [4.78, 5) is 26.1. The van der Waals surface area contributed by atoms with Crippen LogP contribution >= 0.6 is 15.9 Å². The van der Waals surface area contributed by atoms with Gasteiger partial charge in [0.15, 0.2) is 0 Å². The molecule has 0 radical (unpaired) electrons. The van der Waals surface area contributed by atoms with Crippen molar-refractivity contribution in [3.05, 3.63) is 32.2 Å². The Morgan fingerprint density at radius 1 is 1.58 bits per heavy atom. The third-order valence-electron chi connectivity index (χ3n) is 2.82. The predicted molar refractivity (Wildman–Crippen MR) is 80.0 cm³/mol. The van der Waals surface area contributed by atoms with Crippen molar-refractivity contribution in [3.8, 4) is 0 Å². The van der Waals surface area contributed by atoms with Gasteiger partial charge in [-0.1, -0.05) is 6.92 Å². The van der Waals surface area contributed by atoms with E-state index in [1.54, 1.807) is 13.2 Å². The van der Waals surface area contributed by atoms with Crippen LogP contribution in [-0.2, 0) is 10.8 Å². The van der Waals surface area contributed by atoms with E-state index in [4.69, 9.17) is 0 Å². The molecule has 0 aliphatic rings. The molecular formula is C12H17BrN2O3S. The topological polar surface area (TPSA) is 79.0 Å². The second-order valence-corrected chi connectivity index (χ2v) is 7.00. The summed E-state index contributed by atoms with van der Waals surface area (Å²) in [6.45, 7) is 3.99. The predicted octanol–water partition coefficient (Wildman–Crippen LogP) is 1.33. The highest BCUT2D eigenvalue weighted by Crippen LogP contribution is 2.12. The molecule has 2 N–H and O–H groups in total. The monoisotopic (exact) mass is 348 g/mol. The largest absolute Gasteiger partial charge is 0.352 e. The number of carbonyl (C=O) groups excluding carboxylic acids is 1. The Balaban J connectivity index is 2.67. The molecule has 19 heavy (non-hydrogen) atoms. The SMILES string of the molecule is Cc1[nH]c(=O)c(C(=O)NCC[C@@H](C)[S@](C)=O)cc1Br. The number of halogens is 1. The molecule has 0 spiro atoms. The van der Waals surface area contributed by atoms with Crippen LogP contribution in [0.15, 0.2) is 15.3 Å². The van der Waals surface area contributed by atoms with E-state index >= 15 is 0 Å². The summed E-state index contributed by atoms with van der Waals surface area (Å²) in [5, 5.41) is 2.68. The van der Waals surface area contributed by atoms with E-state index in [0.29, 0.717) is 23.1 Å². The molecule has 0 aliphatic carbocycles. The normalized spacial score (nSPS) is 13.9. The maximum atomic E-state index is 11.9. The van der Waals surface area contributed by atoms with Crippen LogP contribution in [0.2, 0.25) is 0 Å². The first-order chi connectivity index (χ1) is 8.82. The lowest BCUT2D eigenvalue weighted by Gasteiger charge is -2.09. The molecule has 0 bridgehead atoms. The summed E-state index contributed by atoms with van der Waals surface area (Å²) >= 11 is 3.27. The lowest BCUT2D eigenvalue weighted by atomic mass is 10.2. The van der Waals surface area contributed by atoms with Crippen molar-refractivity contribution in [1.82, 2.24) is 10.3 Å². The number of hydrogen-bond donors (Lipinski definition) is 2. The van der Waals surface area contributed by atoms with Crippen molar-refractivity contribution in [2.75, 3.05) is 12.8 Å². The average Bonchev–Trinajstić information content (AvgIpc) is 2.33. The van der Waals surface area contributed by atoms with Gasteiger partial charge in [0.05, 0.1) is 0 Å². The van der Waals surface area contributed by atoms with E-state index in [-0.39, 0.29) is 10.8 Å². The first kappa shape index (κ1) is 16.1. The van der Waals surface area contributed by atoms with Gasteiger partial charge in [0.1, 0.15) is 5.56 Å². The van der Waals surface area contributed by atoms with Crippen molar-refractivity contribution in [3.63, 3.8) is 0 Å². The zero-order valence-corrected chi connectivity index (χ0v) is 13.5. The fourth-order valence-electron chi connectivity index (χ4n) is 1.42. The Morgan fingerprint density at radius 3 is 2.79 bits per heavy atom. The molecule has 0 fully saturated rings. The van der Waals surface area contributed by atoms with E-state index in [0.717, 1.165) is 0 Å². The van der Waals surface area contributed by atoms with Crippen LogP contribution in [0.4, 0.5) is 0 Å². The fourth-order valence-corrected chi connectivity index (χ4v) is 2.19. The molecule has 2 atom stereocenters. The Bertz CT molecular complexity index is 556. The number of amides is 1. The van der Waals surface area contributed by atoms with E-state index < -0.39 is 22.3 Å². The lowest BCUT2D eigenvalue weighted by Crippen LogP contribution is -2.32. The molecule has 1 aromatic heterocycles. The summed E-state index contributed by atoms with van der Waals surface area (Å²) in [5.41, 5.74) is 0.338. The van der Waals surface area contributed by atoms with Gasteiger partial charge in [0, 0.05) is 39.0 Å². The Morgan fingerprint density at radius 2 is 2.21 bits per heavy atom. The average molecular weight is 349 g/mol. The molecule has 0 aromatic carbocycles. The van der Waals surface area contributed by atoms with Crippen molar-refractivity contribution < 1.29 is 9.00 Å². The zero-order valence-electron chi connectivity index (χ0n) is 11.1. The summed E-state index contributed by atoms with van der Waals surface area (Å²) in [6.07, 6.45) is 2.24. The minimum atomic E-state index is -0.907. The molecule has 1 heterocycles. The van der Waals surface area contributed by atoms with E-state index in [2.05, 4.69) is 26.2 Å². The first-order valence-electron chi connectivity index (χ1n) is 5.82. The number of aromatic amines is 1. The molecule has 0 saturated heterocycles. The van der Waals surface area contributed by atoms with Crippen molar-refractivity contribution >= 4 is 32.6 Å². The molecule has 5 nitrogen and oxygen atoms in total. The molecule has 7 heteroatoms. The van der Waals surface area contributed by atoms with Crippen LogP contribution in [-0.4, -0.2) is 33.2 Å². The van der Waals surface area contributed by atoms with Crippen molar-refractivity contribution in [2.45, 2.75) is 25.5 Å². The second-order valence-electron chi connectivity index (χ2n) is 4.34. The number of nitrogens with one attached hydrogen (secondary N) is 2. The van der Waals surface area contributed by atoms with Crippen LogP contribution < -0.4 is 10.9 Å². The fraction of sp³-hybridized carbons (Fsp3) is 0.500. The van der Waals surface area contributed by atoms with Gasteiger partial charge in [-0.2, -0.15) is 0 Å². The zero-order chi connectivity index (χ0) is 14.6. The number of H-pyrrole nitrogens is 1. The summed E-state index contributed by atoms with van der Waals surface area (Å²) < 4.78 is 11.8. The molecule has 0 saturated carbocycles. The highest BCUT2D eigenvalue weighted by Gasteiger charge is 2.13. The smallest absolute Gasteiger partial charge is 0.261 e. The number of hydrogen-bond acceptors (Lipinski definition) is 3. The van der Waals surface area contributed by atoms with E-state index in [9.17, 15) is 13.8 Å². The summed E-state index contributed by atoms with van der Waals surface area (Å²) in [6, 6.07) is 1.50. The summed E-state index contributed by atoms with van der Waals surface area (Å²) in [7, 11) is -0.907. The Hall–Kier alpha value is -0.950. The van der Waals surface area contributed by atoms with Gasteiger partial charge in [-0.15, -0.1) is 0 Å². The minimum Gasteiger partial charge on any atom is -0.352 e. The van der Waals surface area contributed by atoms with Crippen LogP contribution in [0, 0.1) is 6.92 Å².